The molecule has 1 unspecified atom stereocenters. The van der Waals surface area contributed by atoms with Gasteiger partial charge in [-0.25, -0.2) is 0 Å². The van der Waals surface area contributed by atoms with E-state index < -0.39 is 0 Å². The molecule has 2 aromatic rings. The predicted octanol–water partition coefficient (Wildman–Crippen LogP) is 5.16. The van der Waals surface area contributed by atoms with Crippen molar-refractivity contribution in [3.05, 3.63) is 83.6 Å². The fourth-order valence-corrected chi connectivity index (χ4v) is 2.78. The Labute approximate surface area is 127 Å². The molecule has 0 aliphatic carbocycles. The summed E-state index contributed by atoms with van der Waals surface area (Å²) in [6, 6.07) is 17.6. The summed E-state index contributed by atoms with van der Waals surface area (Å²) in [6.07, 6.45) is 7.63. The van der Waals surface area contributed by atoms with Gasteiger partial charge in [0, 0.05) is 0 Å². The van der Waals surface area contributed by atoms with Crippen molar-refractivity contribution in [2.75, 3.05) is 0 Å². The van der Waals surface area contributed by atoms with Crippen molar-refractivity contribution in [3.8, 4) is 11.1 Å². The van der Waals surface area contributed by atoms with E-state index in [0.29, 0.717) is 0 Å². The molecule has 0 fully saturated rings. The molecule has 106 valence electrons. The van der Waals surface area contributed by atoms with Crippen LogP contribution >= 0.6 is 0 Å². The van der Waals surface area contributed by atoms with Crippen molar-refractivity contribution in [1.82, 2.24) is 5.32 Å². The summed E-state index contributed by atoms with van der Waals surface area (Å²) in [4.78, 5) is 0. The average molecular weight is 275 g/mol. The Bertz CT molecular complexity index is 680. The second-order valence-electron chi connectivity index (χ2n) is 5.51. The van der Waals surface area contributed by atoms with Crippen LogP contribution in [0.2, 0.25) is 0 Å². The highest BCUT2D eigenvalue weighted by atomic mass is 14.9. The number of allylic oxidation sites excluding steroid dienone is 2. The van der Waals surface area contributed by atoms with Crippen LogP contribution in [0.5, 0.6) is 0 Å². The summed E-state index contributed by atoms with van der Waals surface area (Å²) < 4.78 is 0. The van der Waals surface area contributed by atoms with Crippen molar-refractivity contribution < 1.29 is 0 Å². The Balaban J connectivity index is 1.99. The van der Waals surface area contributed by atoms with Crippen LogP contribution in [0.3, 0.4) is 0 Å². The summed E-state index contributed by atoms with van der Waals surface area (Å²) in [6.45, 7) is 4.38. The molecule has 1 nitrogen and oxygen atoms in total. The van der Waals surface area contributed by atoms with E-state index in [2.05, 4.69) is 86.0 Å². The van der Waals surface area contributed by atoms with Crippen molar-refractivity contribution in [1.29, 1.82) is 0 Å². The van der Waals surface area contributed by atoms with E-state index in [1.165, 1.54) is 27.8 Å². The molecule has 21 heavy (non-hydrogen) atoms. The first kappa shape index (κ1) is 13.7. The van der Waals surface area contributed by atoms with Gasteiger partial charge in [-0.05, 0) is 59.5 Å². The van der Waals surface area contributed by atoms with Gasteiger partial charge in [0.25, 0.3) is 0 Å². The minimum atomic E-state index is 0.272. The predicted molar refractivity (Wildman–Crippen MR) is 90.0 cm³/mol. The second kappa shape index (κ2) is 6.01. The maximum absolute atomic E-state index is 3.46. The van der Waals surface area contributed by atoms with Gasteiger partial charge in [0.15, 0.2) is 0 Å². The van der Waals surface area contributed by atoms with Gasteiger partial charge in [-0.1, -0.05) is 55.5 Å². The number of hydrogen-bond donors (Lipinski definition) is 1. The minimum absolute atomic E-state index is 0.272. The molecule has 0 bridgehead atoms. The van der Waals surface area contributed by atoms with Crippen molar-refractivity contribution in [2.24, 2.45) is 0 Å². The number of aryl methyl sites for hydroxylation is 1. The summed E-state index contributed by atoms with van der Waals surface area (Å²) in [5, 5.41) is 3.46. The molecule has 1 aliphatic rings. The molecule has 0 saturated carbocycles. The summed E-state index contributed by atoms with van der Waals surface area (Å²) in [5.41, 5.74) is 6.62. The number of hydrogen-bond acceptors (Lipinski definition) is 1. The van der Waals surface area contributed by atoms with E-state index in [1.54, 1.807) is 0 Å². The summed E-state index contributed by atoms with van der Waals surface area (Å²) in [5.74, 6) is 0. The zero-order chi connectivity index (χ0) is 14.7. The van der Waals surface area contributed by atoms with Gasteiger partial charge < -0.3 is 5.32 Å². The molecule has 1 heterocycles. The molecule has 1 aliphatic heterocycles. The molecule has 1 atom stereocenters. The van der Waals surface area contributed by atoms with Gasteiger partial charge in [0.1, 0.15) is 0 Å². The molecule has 3 rings (SSSR count). The fraction of sp³-hybridized carbons (Fsp3) is 0.200. The molecule has 2 aromatic carbocycles. The maximum atomic E-state index is 3.46. The molecule has 0 aromatic heterocycles. The monoisotopic (exact) mass is 275 g/mol. The van der Waals surface area contributed by atoms with Crippen LogP contribution in [-0.4, -0.2) is 0 Å². The summed E-state index contributed by atoms with van der Waals surface area (Å²) >= 11 is 0. The van der Waals surface area contributed by atoms with E-state index in [-0.39, 0.29) is 6.04 Å². The van der Waals surface area contributed by atoms with Crippen molar-refractivity contribution >= 4 is 0 Å². The quantitative estimate of drug-likeness (QED) is 0.816. The average Bonchev–Trinajstić information content (AvgIpc) is 2.56. The highest BCUT2D eigenvalue weighted by molar-refractivity contribution is 5.65. The maximum Gasteiger partial charge on any atom is 0.0701 e. The molecule has 0 spiro atoms. The van der Waals surface area contributed by atoms with Crippen LogP contribution < -0.4 is 5.32 Å². The normalized spacial score (nSPS) is 17.2. The van der Waals surface area contributed by atoms with Crippen LogP contribution in [0.4, 0.5) is 0 Å². The molecule has 1 heteroatoms. The van der Waals surface area contributed by atoms with Crippen molar-refractivity contribution in [3.63, 3.8) is 0 Å². The third kappa shape index (κ3) is 2.92. The van der Waals surface area contributed by atoms with E-state index in [0.717, 1.165) is 6.42 Å². The number of rotatable bonds is 3. The van der Waals surface area contributed by atoms with E-state index in [9.17, 15) is 0 Å². The third-order valence-corrected chi connectivity index (χ3v) is 4.08. The van der Waals surface area contributed by atoms with Gasteiger partial charge in [-0.3, -0.25) is 0 Å². The Morgan fingerprint density at radius 3 is 2.57 bits per heavy atom. The van der Waals surface area contributed by atoms with Gasteiger partial charge in [0.05, 0.1) is 6.04 Å². The lowest BCUT2D eigenvalue weighted by Gasteiger charge is -2.21. The third-order valence-electron chi connectivity index (χ3n) is 4.08. The zero-order valence-corrected chi connectivity index (χ0v) is 12.6. The number of dihydropyridines is 1. The van der Waals surface area contributed by atoms with Crippen LogP contribution in [0.25, 0.3) is 11.1 Å². The standard InChI is InChI=1S/C20H21N/c1-3-16-11-12-21-20(13-16)19-14-18(10-9-15(19)2)17-7-5-4-6-8-17/h4-14,20-21H,3H2,1-2H3. The molecular weight excluding hydrogens is 254 g/mol. The molecule has 0 saturated heterocycles. The highest BCUT2D eigenvalue weighted by Gasteiger charge is 2.13. The highest BCUT2D eigenvalue weighted by Crippen LogP contribution is 2.28. The minimum Gasteiger partial charge on any atom is -0.381 e. The Kier molecular flexibility index (Phi) is 3.92. The Morgan fingerprint density at radius 2 is 1.81 bits per heavy atom. The van der Waals surface area contributed by atoms with Gasteiger partial charge in [-0.15, -0.1) is 0 Å². The first-order valence-corrected chi connectivity index (χ1v) is 7.57. The number of nitrogens with one attached hydrogen (secondary N) is 1. The zero-order valence-electron chi connectivity index (χ0n) is 12.6. The largest absolute Gasteiger partial charge is 0.381 e. The topological polar surface area (TPSA) is 12.0 Å². The fourth-order valence-electron chi connectivity index (χ4n) is 2.78. The lowest BCUT2D eigenvalue weighted by molar-refractivity contribution is 0.729. The summed E-state index contributed by atoms with van der Waals surface area (Å²) in [7, 11) is 0. The number of benzene rings is 2. The van der Waals surface area contributed by atoms with Crippen LogP contribution in [0.15, 0.2) is 72.5 Å². The van der Waals surface area contributed by atoms with Gasteiger partial charge in [0.2, 0.25) is 0 Å². The van der Waals surface area contributed by atoms with Crippen LogP contribution in [0.1, 0.15) is 30.5 Å². The Hall–Kier alpha value is -2.28. The van der Waals surface area contributed by atoms with Gasteiger partial charge >= 0.3 is 0 Å². The van der Waals surface area contributed by atoms with Gasteiger partial charge in [-0.2, -0.15) is 0 Å². The lowest BCUT2D eigenvalue weighted by Crippen LogP contribution is -2.17. The SMILES string of the molecule is CCC1=CC(c2cc(-c3ccccc3)ccc2C)NC=C1. The molecule has 0 radical (unpaired) electrons. The molecular formula is C20H21N. The molecule has 0 amide bonds. The first-order chi connectivity index (χ1) is 10.3. The van der Waals surface area contributed by atoms with E-state index in [1.807, 2.05) is 0 Å². The molecule has 1 N–H and O–H groups in total. The van der Waals surface area contributed by atoms with Crippen molar-refractivity contribution in [2.45, 2.75) is 26.3 Å². The van der Waals surface area contributed by atoms with E-state index >= 15 is 0 Å². The lowest BCUT2D eigenvalue weighted by atomic mass is 9.93. The Morgan fingerprint density at radius 1 is 1.00 bits per heavy atom. The van der Waals surface area contributed by atoms with Crippen LogP contribution in [-0.2, 0) is 0 Å². The first-order valence-electron chi connectivity index (χ1n) is 7.57. The van der Waals surface area contributed by atoms with E-state index in [4.69, 9.17) is 0 Å². The smallest absolute Gasteiger partial charge is 0.0701 e. The second-order valence-corrected chi connectivity index (χ2v) is 5.51. The van der Waals surface area contributed by atoms with Crippen LogP contribution in [0, 0.1) is 6.92 Å².